The third-order valence-corrected chi connectivity index (χ3v) is 4.60. The van der Waals surface area contributed by atoms with Crippen molar-refractivity contribution in [3.05, 3.63) is 45.8 Å². The van der Waals surface area contributed by atoms with E-state index >= 15 is 0 Å². The number of hydrogen-bond donors (Lipinski definition) is 2. The Hall–Kier alpha value is -1.85. The van der Waals surface area contributed by atoms with Gasteiger partial charge in [0.15, 0.2) is 0 Å². The van der Waals surface area contributed by atoms with E-state index in [4.69, 9.17) is 16.7 Å². The van der Waals surface area contributed by atoms with Crippen molar-refractivity contribution in [2.45, 2.75) is 19.8 Å². The number of carboxylic acids is 1. The number of halogens is 1. The average molecular weight is 338 g/mol. The highest BCUT2D eigenvalue weighted by Crippen LogP contribution is 2.33. The molecule has 1 amide bonds. The van der Waals surface area contributed by atoms with E-state index in [1.54, 1.807) is 0 Å². The van der Waals surface area contributed by atoms with E-state index in [0.29, 0.717) is 22.9 Å². The van der Waals surface area contributed by atoms with Crippen molar-refractivity contribution in [3.8, 4) is 10.4 Å². The summed E-state index contributed by atoms with van der Waals surface area (Å²) in [6, 6.07) is 9.36. The molecule has 6 heteroatoms. The number of amides is 1. The zero-order valence-electron chi connectivity index (χ0n) is 12.1. The smallest absolute Gasteiger partial charge is 0.303 e. The molecule has 0 spiro atoms. The van der Waals surface area contributed by atoms with E-state index in [-0.39, 0.29) is 12.3 Å². The van der Waals surface area contributed by atoms with Gasteiger partial charge in [0.25, 0.3) is 5.91 Å². The molecular formula is C16H16ClNO3S. The number of benzene rings is 1. The van der Waals surface area contributed by atoms with Crippen LogP contribution in [0.15, 0.2) is 30.3 Å². The van der Waals surface area contributed by atoms with Crippen molar-refractivity contribution in [2.24, 2.45) is 0 Å². The molecule has 0 aliphatic rings. The number of thiophene rings is 1. The van der Waals surface area contributed by atoms with Gasteiger partial charge in [-0.15, -0.1) is 11.3 Å². The Morgan fingerprint density at radius 2 is 2.09 bits per heavy atom. The van der Waals surface area contributed by atoms with Gasteiger partial charge in [-0.2, -0.15) is 0 Å². The zero-order valence-corrected chi connectivity index (χ0v) is 13.6. The number of nitrogens with one attached hydrogen (secondary N) is 1. The van der Waals surface area contributed by atoms with Crippen molar-refractivity contribution in [3.63, 3.8) is 0 Å². The van der Waals surface area contributed by atoms with Crippen molar-refractivity contribution in [2.75, 3.05) is 6.54 Å². The lowest BCUT2D eigenvalue weighted by atomic mass is 10.1. The van der Waals surface area contributed by atoms with Crippen LogP contribution in [0.1, 0.15) is 28.1 Å². The molecule has 0 aliphatic heterocycles. The molecule has 0 bridgehead atoms. The van der Waals surface area contributed by atoms with Gasteiger partial charge in [0.2, 0.25) is 0 Å². The summed E-state index contributed by atoms with van der Waals surface area (Å²) in [6.45, 7) is 2.31. The Morgan fingerprint density at radius 3 is 2.77 bits per heavy atom. The minimum Gasteiger partial charge on any atom is -0.481 e. The summed E-state index contributed by atoms with van der Waals surface area (Å²) in [6.07, 6.45) is 0.476. The molecule has 4 nitrogen and oxygen atoms in total. The summed E-state index contributed by atoms with van der Waals surface area (Å²) < 4.78 is 0. The van der Waals surface area contributed by atoms with Gasteiger partial charge in [-0.05, 0) is 42.7 Å². The summed E-state index contributed by atoms with van der Waals surface area (Å²) in [5.41, 5.74) is 2.00. The minimum absolute atomic E-state index is 0.0531. The number of hydrogen-bond acceptors (Lipinski definition) is 3. The number of aliphatic carboxylic acids is 1. The molecule has 22 heavy (non-hydrogen) atoms. The first-order valence-corrected chi connectivity index (χ1v) is 8.03. The Labute approximate surface area is 137 Å². The van der Waals surface area contributed by atoms with Gasteiger partial charge in [-0.1, -0.05) is 23.7 Å². The summed E-state index contributed by atoms with van der Waals surface area (Å²) in [5, 5.41) is 12.0. The summed E-state index contributed by atoms with van der Waals surface area (Å²) in [7, 11) is 0. The average Bonchev–Trinajstić information content (AvgIpc) is 2.85. The number of rotatable bonds is 6. The molecule has 1 aromatic carbocycles. The van der Waals surface area contributed by atoms with Gasteiger partial charge < -0.3 is 10.4 Å². The fraction of sp³-hybridized carbons (Fsp3) is 0.250. The molecule has 0 fully saturated rings. The lowest BCUT2D eigenvalue weighted by molar-refractivity contribution is -0.137. The van der Waals surface area contributed by atoms with Gasteiger partial charge in [0.1, 0.15) is 0 Å². The maximum atomic E-state index is 12.1. The first-order chi connectivity index (χ1) is 10.5. The predicted octanol–water partition coefficient (Wildman–Crippen LogP) is 3.97. The molecule has 0 radical (unpaired) electrons. The van der Waals surface area contributed by atoms with Crippen LogP contribution < -0.4 is 5.32 Å². The second-order valence-corrected chi connectivity index (χ2v) is 6.37. The van der Waals surface area contributed by atoms with Crippen molar-refractivity contribution < 1.29 is 14.7 Å². The molecule has 0 saturated carbocycles. The number of aryl methyl sites for hydroxylation is 1. The molecule has 0 saturated heterocycles. The normalized spacial score (nSPS) is 10.5. The summed E-state index contributed by atoms with van der Waals surface area (Å²) >= 11 is 7.41. The molecule has 0 unspecified atom stereocenters. The third kappa shape index (κ3) is 4.32. The molecule has 1 aromatic heterocycles. The second-order valence-electron chi connectivity index (χ2n) is 4.89. The van der Waals surface area contributed by atoms with E-state index in [2.05, 4.69) is 5.32 Å². The molecule has 2 aromatic rings. The standard InChI is InChI=1S/C16H16ClNO3S/c1-10-8-13(16(21)18-7-3-6-14(19)20)22-15(10)11-4-2-5-12(17)9-11/h2,4-5,8-9H,3,6-7H2,1H3,(H,18,21)(H,19,20). The van der Waals surface area contributed by atoms with Gasteiger partial charge in [0.05, 0.1) is 4.88 Å². The number of carboxylic acid groups (broad SMARTS) is 1. The number of carbonyl (C=O) groups is 2. The first kappa shape index (κ1) is 16.5. The predicted molar refractivity (Wildman–Crippen MR) is 88.7 cm³/mol. The zero-order chi connectivity index (χ0) is 16.1. The molecule has 2 N–H and O–H groups in total. The van der Waals surface area contributed by atoms with Crippen LogP contribution in [0.4, 0.5) is 0 Å². The molecule has 116 valence electrons. The maximum Gasteiger partial charge on any atom is 0.303 e. The minimum atomic E-state index is -0.857. The van der Waals surface area contributed by atoms with Gasteiger partial charge >= 0.3 is 5.97 Å². The molecular weight excluding hydrogens is 322 g/mol. The lowest BCUT2D eigenvalue weighted by Gasteiger charge is -2.02. The quantitative estimate of drug-likeness (QED) is 0.784. The largest absolute Gasteiger partial charge is 0.481 e. The van der Waals surface area contributed by atoms with E-state index in [9.17, 15) is 9.59 Å². The van der Waals surface area contributed by atoms with Crippen LogP contribution in [0.2, 0.25) is 5.02 Å². The van der Waals surface area contributed by atoms with Crippen molar-refractivity contribution in [1.82, 2.24) is 5.32 Å². The Morgan fingerprint density at radius 1 is 1.32 bits per heavy atom. The fourth-order valence-corrected chi connectivity index (χ4v) is 3.31. The highest BCUT2D eigenvalue weighted by molar-refractivity contribution is 7.17. The van der Waals surface area contributed by atoms with Crippen LogP contribution in [-0.4, -0.2) is 23.5 Å². The second kappa shape index (κ2) is 7.42. The van der Waals surface area contributed by atoms with Crippen LogP contribution in [0, 0.1) is 6.92 Å². The maximum absolute atomic E-state index is 12.1. The van der Waals surface area contributed by atoms with Crippen molar-refractivity contribution >= 4 is 34.8 Å². The van der Waals surface area contributed by atoms with Crippen LogP contribution >= 0.6 is 22.9 Å². The van der Waals surface area contributed by atoms with Crippen LogP contribution in [0.25, 0.3) is 10.4 Å². The molecule has 0 atom stereocenters. The van der Waals surface area contributed by atoms with E-state index < -0.39 is 5.97 Å². The van der Waals surface area contributed by atoms with Crippen LogP contribution in [0.5, 0.6) is 0 Å². The summed E-state index contributed by atoms with van der Waals surface area (Å²) in [4.78, 5) is 24.1. The molecule has 1 heterocycles. The molecule has 0 aliphatic carbocycles. The van der Waals surface area contributed by atoms with E-state index in [1.807, 2.05) is 37.3 Å². The van der Waals surface area contributed by atoms with Crippen LogP contribution in [0.3, 0.4) is 0 Å². The first-order valence-electron chi connectivity index (χ1n) is 6.83. The van der Waals surface area contributed by atoms with E-state index in [0.717, 1.165) is 16.0 Å². The van der Waals surface area contributed by atoms with E-state index in [1.165, 1.54) is 11.3 Å². The van der Waals surface area contributed by atoms with Crippen molar-refractivity contribution in [1.29, 1.82) is 0 Å². The topological polar surface area (TPSA) is 66.4 Å². The van der Waals surface area contributed by atoms with Crippen LogP contribution in [-0.2, 0) is 4.79 Å². The monoisotopic (exact) mass is 337 g/mol. The summed E-state index contributed by atoms with van der Waals surface area (Å²) in [5.74, 6) is -1.03. The van der Waals surface area contributed by atoms with Gasteiger partial charge in [-0.3, -0.25) is 9.59 Å². The fourth-order valence-electron chi connectivity index (χ4n) is 2.04. The highest BCUT2D eigenvalue weighted by Gasteiger charge is 2.13. The number of carbonyl (C=O) groups excluding carboxylic acids is 1. The van der Waals surface area contributed by atoms with Gasteiger partial charge in [-0.25, -0.2) is 0 Å². The lowest BCUT2D eigenvalue weighted by Crippen LogP contribution is -2.23. The Balaban J connectivity index is 2.06. The highest BCUT2D eigenvalue weighted by atomic mass is 35.5. The Bertz CT molecular complexity index is 696. The molecule has 2 rings (SSSR count). The van der Waals surface area contributed by atoms with Gasteiger partial charge in [0, 0.05) is 22.9 Å². The third-order valence-electron chi connectivity index (χ3n) is 3.08. The Kier molecular flexibility index (Phi) is 5.57. The SMILES string of the molecule is Cc1cc(C(=O)NCCCC(=O)O)sc1-c1cccc(Cl)c1.